The number of carboxylic acids is 1. The SMILES string of the molecule is Cc1ccc(NC(=O)/C(C#N)=C/c2cccn2-c2cccc(C(=O)[O-])c2)cc1C. The molecule has 0 aliphatic rings. The van der Waals surface area contributed by atoms with Gasteiger partial charge in [-0.1, -0.05) is 18.2 Å². The monoisotopic (exact) mass is 384 g/mol. The first-order valence-electron chi connectivity index (χ1n) is 8.88. The first-order valence-corrected chi connectivity index (χ1v) is 8.88. The van der Waals surface area contributed by atoms with Crippen molar-refractivity contribution in [2.24, 2.45) is 0 Å². The smallest absolute Gasteiger partial charge is 0.266 e. The zero-order valence-electron chi connectivity index (χ0n) is 16.0. The van der Waals surface area contributed by atoms with Crippen LogP contribution in [0, 0.1) is 25.2 Å². The number of amides is 1. The van der Waals surface area contributed by atoms with E-state index in [2.05, 4.69) is 5.32 Å². The lowest BCUT2D eigenvalue weighted by Gasteiger charge is -2.10. The maximum Gasteiger partial charge on any atom is 0.266 e. The second-order valence-corrected chi connectivity index (χ2v) is 6.56. The maximum atomic E-state index is 12.6. The number of nitrogens with one attached hydrogen (secondary N) is 1. The zero-order valence-corrected chi connectivity index (χ0v) is 16.0. The number of aryl methyl sites for hydroxylation is 2. The molecule has 0 aliphatic carbocycles. The van der Waals surface area contributed by atoms with Crippen LogP contribution in [0.15, 0.2) is 66.4 Å². The number of hydrogen-bond donors (Lipinski definition) is 1. The molecule has 0 saturated heterocycles. The number of carbonyl (C=O) groups is 2. The first kappa shape index (κ1) is 19.6. The standard InChI is InChI=1S/C23H19N3O3/c1-15-8-9-19(11-16(15)2)25-22(27)18(14-24)13-21-7-4-10-26(21)20-6-3-5-17(12-20)23(28)29/h3-13H,1-2H3,(H,25,27)(H,28,29)/p-1/b18-13+. The topological polar surface area (TPSA) is 98.0 Å². The molecule has 0 spiro atoms. The number of benzene rings is 2. The Morgan fingerprint density at radius 1 is 1.07 bits per heavy atom. The van der Waals surface area contributed by atoms with E-state index in [9.17, 15) is 20.0 Å². The number of nitrogens with zero attached hydrogens (tertiary/aromatic N) is 2. The Morgan fingerprint density at radius 2 is 1.86 bits per heavy atom. The molecule has 3 rings (SSSR count). The van der Waals surface area contributed by atoms with Gasteiger partial charge in [-0.15, -0.1) is 0 Å². The minimum atomic E-state index is -1.28. The van der Waals surface area contributed by atoms with Crippen LogP contribution >= 0.6 is 0 Å². The lowest BCUT2D eigenvalue weighted by atomic mass is 10.1. The van der Waals surface area contributed by atoms with E-state index in [1.165, 1.54) is 18.2 Å². The summed E-state index contributed by atoms with van der Waals surface area (Å²) in [7, 11) is 0. The summed E-state index contributed by atoms with van der Waals surface area (Å²) < 4.78 is 1.69. The minimum Gasteiger partial charge on any atom is -0.545 e. The average Bonchev–Trinajstić information content (AvgIpc) is 3.17. The van der Waals surface area contributed by atoms with Crippen molar-refractivity contribution in [2.45, 2.75) is 13.8 Å². The number of nitriles is 1. The van der Waals surface area contributed by atoms with Gasteiger partial charge in [0.15, 0.2) is 0 Å². The highest BCUT2D eigenvalue weighted by Gasteiger charge is 2.12. The van der Waals surface area contributed by atoms with E-state index in [0.29, 0.717) is 17.1 Å². The molecule has 0 fully saturated rings. The second-order valence-electron chi connectivity index (χ2n) is 6.56. The summed E-state index contributed by atoms with van der Waals surface area (Å²) in [5, 5.41) is 23.3. The van der Waals surface area contributed by atoms with Crippen LogP contribution in [-0.4, -0.2) is 16.4 Å². The van der Waals surface area contributed by atoms with E-state index in [-0.39, 0.29) is 11.1 Å². The Morgan fingerprint density at radius 3 is 2.55 bits per heavy atom. The minimum absolute atomic E-state index is 0.0409. The van der Waals surface area contributed by atoms with E-state index in [1.54, 1.807) is 41.1 Å². The molecule has 0 aliphatic heterocycles. The quantitative estimate of drug-likeness (QED) is 0.540. The third-order valence-electron chi connectivity index (χ3n) is 4.56. The van der Waals surface area contributed by atoms with Crippen molar-refractivity contribution in [3.8, 4) is 11.8 Å². The molecular formula is C23H18N3O3-. The summed E-state index contributed by atoms with van der Waals surface area (Å²) in [4.78, 5) is 23.7. The van der Waals surface area contributed by atoms with Gasteiger partial charge in [-0.05, 0) is 73.0 Å². The Bertz CT molecular complexity index is 1170. The third-order valence-corrected chi connectivity index (χ3v) is 4.56. The molecule has 0 bridgehead atoms. The fraction of sp³-hybridized carbons (Fsp3) is 0.0870. The van der Waals surface area contributed by atoms with Crippen LogP contribution in [0.25, 0.3) is 11.8 Å². The van der Waals surface area contributed by atoms with E-state index in [1.807, 2.05) is 32.0 Å². The molecule has 144 valence electrons. The summed E-state index contributed by atoms with van der Waals surface area (Å²) in [6, 6.07) is 17.2. The number of carbonyl (C=O) groups excluding carboxylic acids is 2. The Balaban J connectivity index is 1.90. The number of aromatic nitrogens is 1. The van der Waals surface area contributed by atoms with Crippen molar-refractivity contribution < 1.29 is 14.7 Å². The van der Waals surface area contributed by atoms with Crippen molar-refractivity contribution in [2.75, 3.05) is 5.32 Å². The molecule has 1 aromatic heterocycles. The van der Waals surface area contributed by atoms with Crippen molar-refractivity contribution in [3.63, 3.8) is 0 Å². The summed E-state index contributed by atoms with van der Waals surface area (Å²) in [5.41, 5.74) is 3.86. The van der Waals surface area contributed by atoms with Crippen molar-refractivity contribution >= 4 is 23.6 Å². The molecule has 1 amide bonds. The van der Waals surface area contributed by atoms with E-state index < -0.39 is 11.9 Å². The molecule has 0 saturated carbocycles. The Labute approximate surface area is 168 Å². The van der Waals surface area contributed by atoms with Crippen LogP contribution in [0.4, 0.5) is 5.69 Å². The van der Waals surface area contributed by atoms with Crippen LogP contribution in [-0.2, 0) is 4.79 Å². The highest BCUT2D eigenvalue weighted by Crippen LogP contribution is 2.19. The van der Waals surface area contributed by atoms with Gasteiger partial charge in [-0.3, -0.25) is 4.79 Å². The van der Waals surface area contributed by atoms with Gasteiger partial charge in [-0.25, -0.2) is 0 Å². The maximum absolute atomic E-state index is 12.6. The van der Waals surface area contributed by atoms with Gasteiger partial charge < -0.3 is 19.8 Å². The van der Waals surface area contributed by atoms with Crippen molar-refractivity contribution in [1.82, 2.24) is 4.57 Å². The molecule has 1 N–H and O–H groups in total. The molecule has 2 aromatic carbocycles. The lowest BCUT2D eigenvalue weighted by Crippen LogP contribution is -2.22. The number of carboxylic acid groups (broad SMARTS) is 1. The van der Waals surface area contributed by atoms with Gasteiger partial charge in [-0.2, -0.15) is 5.26 Å². The van der Waals surface area contributed by atoms with Crippen LogP contribution in [0.5, 0.6) is 0 Å². The van der Waals surface area contributed by atoms with Gasteiger partial charge in [0.2, 0.25) is 0 Å². The van der Waals surface area contributed by atoms with Gasteiger partial charge in [0.1, 0.15) is 11.6 Å². The summed E-state index contributed by atoms with van der Waals surface area (Å²) in [6.45, 7) is 3.92. The predicted octanol–water partition coefficient (Wildman–Crippen LogP) is 3.00. The summed E-state index contributed by atoms with van der Waals surface area (Å²) in [6.07, 6.45) is 3.18. The number of aromatic carboxylic acids is 1. The molecule has 0 radical (unpaired) electrons. The average molecular weight is 384 g/mol. The fourth-order valence-electron chi connectivity index (χ4n) is 2.84. The van der Waals surface area contributed by atoms with Gasteiger partial charge in [0.05, 0.1) is 5.97 Å². The van der Waals surface area contributed by atoms with Crippen LogP contribution in [0.1, 0.15) is 27.2 Å². The van der Waals surface area contributed by atoms with E-state index >= 15 is 0 Å². The van der Waals surface area contributed by atoms with Gasteiger partial charge in [0, 0.05) is 23.3 Å². The van der Waals surface area contributed by atoms with Gasteiger partial charge in [0.25, 0.3) is 5.91 Å². The normalized spacial score (nSPS) is 11.0. The molecule has 6 heteroatoms. The third kappa shape index (κ3) is 4.42. The summed E-state index contributed by atoms with van der Waals surface area (Å²) in [5.74, 6) is -1.80. The number of anilines is 1. The molecule has 3 aromatic rings. The largest absolute Gasteiger partial charge is 0.545 e. The van der Waals surface area contributed by atoms with E-state index in [4.69, 9.17) is 0 Å². The highest BCUT2D eigenvalue weighted by atomic mass is 16.4. The number of rotatable bonds is 5. The molecule has 1 heterocycles. The Hall–Kier alpha value is -4.11. The molecule has 6 nitrogen and oxygen atoms in total. The number of hydrogen-bond acceptors (Lipinski definition) is 4. The van der Waals surface area contributed by atoms with E-state index in [0.717, 1.165) is 11.1 Å². The predicted molar refractivity (Wildman–Crippen MR) is 108 cm³/mol. The van der Waals surface area contributed by atoms with Crippen LogP contribution in [0.3, 0.4) is 0 Å². The molecule has 0 unspecified atom stereocenters. The van der Waals surface area contributed by atoms with Gasteiger partial charge >= 0.3 is 0 Å². The lowest BCUT2D eigenvalue weighted by molar-refractivity contribution is -0.255. The molecule has 29 heavy (non-hydrogen) atoms. The summed E-state index contributed by atoms with van der Waals surface area (Å²) >= 11 is 0. The van der Waals surface area contributed by atoms with Crippen LogP contribution in [0.2, 0.25) is 0 Å². The second kappa shape index (κ2) is 8.28. The van der Waals surface area contributed by atoms with Crippen molar-refractivity contribution in [3.05, 3.63) is 88.8 Å². The molecule has 0 atom stereocenters. The fourth-order valence-corrected chi connectivity index (χ4v) is 2.84. The van der Waals surface area contributed by atoms with Crippen molar-refractivity contribution in [1.29, 1.82) is 5.26 Å². The zero-order chi connectivity index (χ0) is 21.0. The van der Waals surface area contributed by atoms with Crippen LogP contribution < -0.4 is 10.4 Å². The highest BCUT2D eigenvalue weighted by molar-refractivity contribution is 6.09. The molecular weight excluding hydrogens is 366 g/mol. The first-order chi connectivity index (χ1) is 13.9. The Kier molecular flexibility index (Phi) is 5.61.